The van der Waals surface area contributed by atoms with Crippen LogP contribution in [-0.2, 0) is 56.8 Å². The normalized spacial score (nSPS) is 16.2. The van der Waals surface area contributed by atoms with Gasteiger partial charge in [0.25, 0.3) is 5.69 Å². The third-order valence-electron chi connectivity index (χ3n) is 11.2. The molecule has 0 aromatic heterocycles. The number of halogens is 2. The van der Waals surface area contributed by atoms with Crippen LogP contribution in [0.2, 0.25) is 10.0 Å². The van der Waals surface area contributed by atoms with Crippen molar-refractivity contribution in [1.82, 2.24) is 9.62 Å². The number of nitrogens with zero attached hydrogens (tertiary/aromatic N) is 3. The maximum absolute atomic E-state index is 14.4. The Bertz CT molecular complexity index is 3010. The Labute approximate surface area is 382 Å². The Hall–Kier alpha value is -7.09. The summed E-state index contributed by atoms with van der Waals surface area (Å²) in [5, 5.41) is 34.4. The summed E-state index contributed by atoms with van der Waals surface area (Å²) in [6, 6.07) is 32.9. The van der Waals surface area contributed by atoms with Crippen molar-refractivity contribution in [3.63, 3.8) is 0 Å². The molecule has 0 fully saturated rings. The highest BCUT2D eigenvalue weighted by atomic mass is 35.5. The first-order chi connectivity index (χ1) is 31.2. The number of carboxylic acids is 1. The van der Waals surface area contributed by atoms with Crippen LogP contribution in [0.1, 0.15) is 45.0 Å². The van der Waals surface area contributed by atoms with E-state index in [4.69, 9.17) is 37.9 Å². The van der Waals surface area contributed by atoms with Crippen LogP contribution in [0.25, 0.3) is 11.1 Å². The molecule has 6 aromatic carbocycles. The van der Waals surface area contributed by atoms with Crippen LogP contribution in [0.15, 0.2) is 132 Å². The van der Waals surface area contributed by atoms with Crippen LogP contribution < -0.4 is 14.8 Å². The van der Waals surface area contributed by atoms with E-state index in [1.807, 2.05) is 0 Å². The molecule has 2 aliphatic heterocycles. The van der Waals surface area contributed by atoms with E-state index >= 15 is 0 Å². The van der Waals surface area contributed by atoms with Gasteiger partial charge < -0.3 is 19.9 Å². The molecule has 17 heteroatoms. The summed E-state index contributed by atoms with van der Waals surface area (Å²) >= 11 is 12.1. The predicted octanol–water partition coefficient (Wildman–Crippen LogP) is 8.19. The number of nitrogens with one attached hydrogen (secondary N) is 1. The Morgan fingerprint density at radius 2 is 1.58 bits per heavy atom. The first-order valence-electron chi connectivity index (χ1n) is 20.1. The maximum atomic E-state index is 14.4. The molecule has 1 unspecified atom stereocenters. The van der Waals surface area contributed by atoms with Gasteiger partial charge in [-0.1, -0.05) is 89.9 Å². The molecular formula is C48H36Cl2N4O10S. The van der Waals surface area contributed by atoms with Crippen LogP contribution in [0.5, 0.6) is 11.5 Å². The van der Waals surface area contributed by atoms with Gasteiger partial charge in [0.1, 0.15) is 30.2 Å². The van der Waals surface area contributed by atoms with Gasteiger partial charge in [0.05, 0.1) is 31.5 Å². The lowest BCUT2D eigenvalue weighted by Crippen LogP contribution is -2.55. The van der Waals surface area contributed by atoms with Crippen LogP contribution in [0.4, 0.5) is 5.69 Å². The van der Waals surface area contributed by atoms with Crippen molar-refractivity contribution in [3.05, 3.63) is 186 Å². The van der Waals surface area contributed by atoms with Crippen molar-refractivity contribution in [1.29, 1.82) is 5.26 Å². The number of ether oxygens (including phenoxy) is 2. The third kappa shape index (κ3) is 9.71. The summed E-state index contributed by atoms with van der Waals surface area (Å²) in [4.78, 5) is 50.9. The second-order valence-corrected chi connectivity index (χ2v) is 18.2. The lowest BCUT2D eigenvalue weighted by molar-refractivity contribution is -0.385. The summed E-state index contributed by atoms with van der Waals surface area (Å²) < 4.78 is 41.9. The van der Waals surface area contributed by atoms with E-state index in [2.05, 4.69) is 11.4 Å². The van der Waals surface area contributed by atoms with E-state index in [1.165, 1.54) is 12.1 Å². The summed E-state index contributed by atoms with van der Waals surface area (Å²) in [5.41, 5.74) is 5.14. The number of nitro benzene ring substituents is 1. The summed E-state index contributed by atoms with van der Waals surface area (Å²) in [7, 11) is -4.64. The zero-order valence-corrected chi connectivity index (χ0v) is 36.3. The Morgan fingerprint density at radius 3 is 2.25 bits per heavy atom. The number of rotatable bonds is 13. The van der Waals surface area contributed by atoms with Gasteiger partial charge in [-0.2, -0.15) is 9.57 Å². The SMILES string of the molecule is N#Cc1ccc(-c2ccc(C[C@H](NC(=O)[C@@H]3Cc4cc5c(cc4CN3S(=O)(=O)c3cccc([N+](=O)[O-])c3)OC(c3ccc(OCc4ccc(Cl)c(Cl)c4)cc3)C(=O)C5)C(=O)O)cc2)cc1. The average Bonchev–Trinajstić information content (AvgIpc) is 3.31. The number of carboxylic acid groups (broad SMARTS) is 1. The van der Waals surface area contributed by atoms with Gasteiger partial charge in [-0.05, 0) is 88.3 Å². The zero-order chi connectivity index (χ0) is 46.0. The molecule has 65 heavy (non-hydrogen) atoms. The smallest absolute Gasteiger partial charge is 0.326 e. The molecule has 1 amide bonds. The third-order valence-corrected chi connectivity index (χ3v) is 13.8. The monoisotopic (exact) mass is 930 g/mol. The van der Waals surface area contributed by atoms with E-state index in [1.54, 1.807) is 103 Å². The standard InChI is InChI=1S/C48H36Cl2N4O10S/c49-40-17-8-30(18-41(40)50)27-63-38-15-13-33(14-16-38)46-44(55)22-35-20-34-21-43(53(26-36(34)23-45(35)64-46)65(61,62)39-3-1-2-37(24-39)54(59)60)47(56)52-42(48(57)58)19-28-4-9-31(10-5-28)32-11-6-29(25-51)7-12-32/h1-18,20,23-24,42-43,46H,19,21-22,26-27H2,(H,52,56)(H,57,58)/t42-,43-,46?/m0/s1. The molecule has 0 bridgehead atoms. The van der Waals surface area contributed by atoms with Crippen molar-refractivity contribution in [2.45, 2.75) is 55.5 Å². The van der Waals surface area contributed by atoms with Crippen LogP contribution >= 0.6 is 23.2 Å². The number of hydrogen-bond donors (Lipinski definition) is 2. The number of nitriles is 1. The molecule has 2 heterocycles. The number of Topliss-reactive ketones (excluding diaryl/α,β-unsaturated/α-hetero) is 1. The Morgan fingerprint density at radius 1 is 0.892 bits per heavy atom. The molecule has 0 spiro atoms. The van der Waals surface area contributed by atoms with Crippen molar-refractivity contribution >= 4 is 56.6 Å². The molecule has 0 saturated heterocycles. The number of carbonyl (C=O) groups is 3. The quantitative estimate of drug-likeness (QED) is 0.0834. The van der Waals surface area contributed by atoms with E-state index in [0.29, 0.717) is 54.9 Å². The highest BCUT2D eigenvalue weighted by molar-refractivity contribution is 7.89. The second-order valence-electron chi connectivity index (χ2n) is 15.5. The lowest BCUT2D eigenvalue weighted by Gasteiger charge is -2.36. The van der Waals surface area contributed by atoms with Gasteiger partial charge >= 0.3 is 5.97 Å². The molecule has 6 aromatic rings. The zero-order valence-electron chi connectivity index (χ0n) is 34.0. The van der Waals surface area contributed by atoms with E-state index < -0.39 is 55.6 Å². The fourth-order valence-corrected chi connectivity index (χ4v) is 9.72. The average molecular weight is 932 g/mol. The lowest BCUT2D eigenvalue weighted by atomic mass is 9.89. The van der Waals surface area contributed by atoms with Gasteiger partial charge in [-0.25, -0.2) is 13.2 Å². The number of amides is 1. The van der Waals surface area contributed by atoms with Gasteiger partial charge in [0.2, 0.25) is 15.9 Å². The summed E-state index contributed by atoms with van der Waals surface area (Å²) in [6.07, 6.45) is -1.37. The molecule has 14 nitrogen and oxygen atoms in total. The minimum atomic E-state index is -4.64. The molecular weight excluding hydrogens is 896 g/mol. The molecule has 0 aliphatic carbocycles. The van der Waals surface area contributed by atoms with Crippen molar-refractivity contribution in [3.8, 4) is 28.7 Å². The number of ketones is 1. The van der Waals surface area contributed by atoms with E-state index in [0.717, 1.165) is 33.1 Å². The van der Waals surface area contributed by atoms with Crippen molar-refractivity contribution in [2.75, 3.05) is 0 Å². The first-order valence-corrected chi connectivity index (χ1v) is 22.3. The van der Waals surface area contributed by atoms with Crippen LogP contribution in [0.3, 0.4) is 0 Å². The minimum absolute atomic E-state index is 0.0273. The van der Waals surface area contributed by atoms with Crippen LogP contribution in [0, 0.1) is 21.4 Å². The Kier molecular flexibility index (Phi) is 12.7. The number of sulfonamides is 1. The highest BCUT2D eigenvalue weighted by Crippen LogP contribution is 2.39. The molecule has 2 aliphatic rings. The van der Waals surface area contributed by atoms with Gasteiger partial charge in [0, 0.05) is 42.6 Å². The largest absolute Gasteiger partial charge is 0.489 e. The van der Waals surface area contributed by atoms with Gasteiger partial charge in [0.15, 0.2) is 11.9 Å². The number of carbonyl (C=O) groups excluding carboxylic acids is 2. The van der Waals surface area contributed by atoms with E-state index in [9.17, 15) is 38.0 Å². The van der Waals surface area contributed by atoms with Gasteiger partial charge in [-0.3, -0.25) is 19.7 Å². The number of fused-ring (bicyclic) bond motifs is 2. The predicted molar refractivity (Wildman–Crippen MR) is 239 cm³/mol. The topological polar surface area (TPSA) is 206 Å². The second kappa shape index (κ2) is 18.6. The molecule has 0 radical (unpaired) electrons. The number of aliphatic carboxylic acids is 1. The minimum Gasteiger partial charge on any atom is -0.489 e. The van der Waals surface area contributed by atoms with Crippen LogP contribution in [-0.4, -0.2) is 52.5 Å². The molecule has 3 atom stereocenters. The van der Waals surface area contributed by atoms with E-state index in [-0.39, 0.29) is 38.2 Å². The Balaban J connectivity index is 1.04. The highest BCUT2D eigenvalue weighted by Gasteiger charge is 2.42. The fourth-order valence-electron chi connectivity index (χ4n) is 7.80. The number of non-ortho nitro benzene ring substituents is 1. The fraction of sp³-hybridized carbons (Fsp3) is 0.167. The number of benzene rings is 6. The maximum Gasteiger partial charge on any atom is 0.326 e. The van der Waals surface area contributed by atoms with Crippen molar-refractivity contribution < 1.29 is 42.3 Å². The summed E-state index contributed by atoms with van der Waals surface area (Å²) in [6.45, 7) is -0.158. The number of hydrogen-bond acceptors (Lipinski definition) is 10. The first kappa shape index (κ1) is 44.5. The van der Waals surface area contributed by atoms with Gasteiger partial charge in [-0.15, -0.1) is 0 Å². The molecule has 8 rings (SSSR count). The summed E-state index contributed by atoms with van der Waals surface area (Å²) in [5.74, 6) is -1.63. The number of nitro groups is 1. The molecule has 2 N–H and O–H groups in total. The molecule has 328 valence electrons. The van der Waals surface area contributed by atoms with Crippen molar-refractivity contribution in [2.24, 2.45) is 0 Å². The molecule has 0 saturated carbocycles.